The summed E-state index contributed by atoms with van der Waals surface area (Å²) in [6.07, 6.45) is 2.97. The predicted octanol–water partition coefficient (Wildman–Crippen LogP) is 8.09. The summed E-state index contributed by atoms with van der Waals surface area (Å²) >= 11 is 12.9. The number of carboxylic acids is 1. The molecule has 0 aliphatic rings. The van der Waals surface area contributed by atoms with Crippen LogP contribution in [0.3, 0.4) is 0 Å². The van der Waals surface area contributed by atoms with E-state index in [0.717, 1.165) is 40.5 Å². The van der Waals surface area contributed by atoms with E-state index in [9.17, 15) is 4.79 Å². The second-order valence-electron chi connectivity index (χ2n) is 8.53. The van der Waals surface area contributed by atoms with E-state index in [1.54, 1.807) is 30.3 Å². The Morgan fingerprint density at radius 2 is 1.76 bits per heavy atom. The zero-order chi connectivity index (χ0) is 25.9. The molecule has 0 spiro atoms. The molecule has 0 amide bonds. The van der Waals surface area contributed by atoms with Crippen molar-refractivity contribution < 1.29 is 19.2 Å². The van der Waals surface area contributed by atoms with Crippen molar-refractivity contribution in [3.63, 3.8) is 0 Å². The van der Waals surface area contributed by atoms with Crippen LogP contribution in [0.5, 0.6) is 5.75 Å². The van der Waals surface area contributed by atoms with E-state index in [-0.39, 0.29) is 12.2 Å². The summed E-state index contributed by atoms with van der Waals surface area (Å²) in [4.78, 5) is 15.4. The van der Waals surface area contributed by atoms with Crippen molar-refractivity contribution in [2.24, 2.45) is 0 Å². The van der Waals surface area contributed by atoms with Gasteiger partial charge < -0.3 is 14.4 Å². The molecule has 0 radical (unpaired) electrons. The van der Waals surface area contributed by atoms with Crippen molar-refractivity contribution in [2.45, 2.75) is 26.4 Å². The standard InChI is InChI=1S/C29H22Cl2N2O4/c1-2-4-26-22(28(33-37-26)27-23(30)5-3-6-24(27)31)16-36-21-11-9-17-13-19(8-7-18(17)14-21)25-12-10-20(15-32-25)29(34)35/h3,5-15H,2,4,16H2,1H3,(H,34,35). The molecular weight excluding hydrogens is 511 g/mol. The minimum absolute atomic E-state index is 0.154. The number of aromatic carboxylic acids is 1. The molecule has 2 heterocycles. The van der Waals surface area contributed by atoms with Crippen molar-refractivity contribution in [3.8, 4) is 28.3 Å². The van der Waals surface area contributed by atoms with Crippen LogP contribution in [0.15, 0.2) is 77.4 Å². The molecule has 5 aromatic rings. The number of hydrogen-bond acceptors (Lipinski definition) is 5. The van der Waals surface area contributed by atoms with Gasteiger partial charge in [0.05, 0.1) is 26.9 Å². The Labute approximate surface area is 223 Å². The van der Waals surface area contributed by atoms with Crippen molar-refractivity contribution in [1.29, 1.82) is 0 Å². The van der Waals surface area contributed by atoms with Gasteiger partial charge in [-0.05, 0) is 59.7 Å². The molecule has 3 aromatic carbocycles. The van der Waals surface area contributed by atoms with Crippen molar-refractivity contribution >= 4 is 39.9 Å². The molecule has 0 unspecified atom stereocenters. The van der Waals surface area contributed by atoms with Crippen LogP contribution in [0.1, 0.15) is 35.0 Å². The lowest BCUT2D eigenvalue weighted by molar-refractivity contribution is 0.0696. The smallest absolute Gasteiger partial charge is 0.337 e. The minimum Gasteiger partial charge on any atom is -0.489 e. The van der Waals surface area contributed by atoms with Crippen LogP contribution in [0.2, 0.25) is 10.0 Å². The Bertz CT molecular complexity index is 1580. The van der Waals surface area contributed by atoms with E-state index in [1.165, 1.54) is 6.20 Å². The third-order valence-electron chi connectivity index (χ3n) is 6.05. The fourth-order valence-electron chi connectivity index (χ4n) is 4.16. The van der Waals surface area contributed by atoms with Gasteiger partial charge in [-0.3, -0.25) is 4.98 Å². The first-order valence-corrected chi connectivity index (χ1v) is 12.5. The third kappa shape index (κ3) is 5.17. The number of nitrogens with zero attached hydrogens (tertiary/aromatic N) is 2. The Kier molecular flexibility index (Phi) is 7.12. The Balaban J connectivity index is 1.40. The molecule has 0 aliphatic heterocycles. The number of rotatable bonds is 8. The van der Waals surface area contributed by atoms with Gasteiger partial charge in [-0.25, -0.2) is 4.79 Å². The van der Waals surface area contributed by atoms with Crippen LogP contribution in [-0.2, 0) is 13.0 Å². The quantitative estimate of drug-likeness (QED) is 0.217. The summed E-state index contributed by atoms with van der Waals surface area (Å²) in [5.74, 6) is 0.449. The number of benzene rings is 3. The van der Waals surface area contributed by atoms with Gasteiger partial charge in [0.1, 0.15) is 23.8 Å². The van der Waals surface area contributed by atoms with Crippen LogP contribution in [-0.4, -0.2) is 21.2 Å². The van der Waals surface area contributed by atoms with Crippen LogP contribution in [0, 0.1) is 0 Å². The number of carbonyl (C=O) groups is 1. The van der Waals surface area contributed by atoms with Gasteiger partial charge in [0.25, 0.3) is 0 Å². The average Bonchev–Trinajstić information content (AvgIpc) is 3.29. The zero-order valence-corrected chi connectivity index (χ0v) is 21.4. The summed E-state index contributed by atoms with van der Waals surface area (Å²) in [5.41, 5.74) is 3.80. The van der Waals surface area contributed by atoms with Gasteiger partial charge in [-0.2, -0.15) is 0 Å². The summed E-state index contributed by atoms with van der Waals surface area (Å²) in [7, 11) is 0. The highest BCUT2D eigenvalue weighted by atomic mass is 35.5. The molecule has 5 rings (SSSR count). The van der Waals surface area contributed by atoms with Crippen molar-refractivity contribution in [2.75, 3.05) is 0 Å². The van der Waals surface area contributed by atoms with Gasteiger partial charge >= 0.3 is 5.97 Å². The average molecular weight is 533 g/mol. The van der Waals surface area contributed by atoms with Gasteiger partial charge in [-0.15, -0.1) is 0 Å². The fourth-order valence-corrected chi connectivity index (χ4v) is 4.73. The number of aryl methyl sites for hydroxylation is 1. The maximum atomic E-state index is 11.1. The molecule has 0 saturated carbocycles. The summed E-state index contributed by atoms with van der Waals surface area (Å²) in [6.45, 7) is 2.32. The summed E-state index contributed by atoms with van der Waals surface area (Å²) < 4.78 is 11.8. The van der Waals surface area contributed by atoms with Gasteiger partial charge in [0.2, 0.25) is 0 Å². The maximum absolute atomic E-state index is 11.1. The molecule has 0 fully saturated rings. The number of ether oxygens (including phenoxy) is 1. The fraction of sp³-hybridized carbons (Fsp3) is 0.138. The van der Waals surface area contributed by atoms with E-state index in [2.05, 4.69) is 17.1 Å². The Hall–Kier alpha value is -3.87. The van der Waals surface area contributed by atoms with E-state index in [0.29, 0.717) is 32.7 Å². The number of aromatic nitrogens is 2. The lowest BCUT2D eigenvalue weighted by Crippen LogP contribution is -2.00. The lowest BCUT2D eigenvalue weighted by atomic mass is 10.0. The summed E-state index contributed by atoms with van der Waals surface area (Å²) in [6, 6.07) is 20.4. The topological polar surface area (TPSA) is 85.5 Å². The maximum Gasteiger partial charge on any atom is 0.337 e. The number of pyridine rings is 1. The summed E-state index contributed by atoms with van der Waals surface area (Å²) in [5, 5.41) is 16.4. The van der Waals surface area contributed by atoms with Crippen LogP contribution < -0.4 is 4.74 Å². The first-order chi connectivity index (χ1) is 17.9. The first-order valence-electron chi connectivity index (χ1n) is 11.7. The molecule has 1 N–H and O–H groups in total. The highest BCUT2D eigenvalue weighted by Gasteiger charge is 2.22. The van der Waals surface area contributed by atoms with E-state index in [1.807, 2.05) is 36.4 Å². The van der Waals surface area contributed by atoms with Crippen LogP contribution in [0.4, 0.5) is 0 Å². The highest BCUT2D eigenvalue weighted by Crippen LogP contribution is 2.38. The molecule has 37 heavy (non-hydrogen) atoms. The lowest BCUT2D eigenvalue weighted by Gasteiger charge is -2.11. The number of carboxylic acid groups (broad SMARTS) is 1. The molecular formula is C29H22Cl2N2O4. The number of hydrogen-bond donors (Lipinski definition) is 1. The Morgan fingerprint density at radius 1 is 1.00 bits per heavy atom. The molecule has 0 aliphatic carbocycles. The Morgan fingerprint density at radius 3 is 2.46 bits per heavy atom. The van der Waals surface area contributed by atoms with Crippen LogP contribution in [0.25, 0.3) is 33.3 Å². The third-order valence-corrected chi connectivity index (χ3v) is 6.68. The largest absolute Gasteiger partial charge is 0.489 e. The molecule has 186 valence electrons. The molecule has 0 atom stereocenters. The van der Waals surface area contributed by atoms with Crippen molar-refractivity contribution in [1.82, 2.24) is 10.1 Å². The molecule has 0 saturated heterocycles. The van der Waals surface area contributed by atoms with Crippen molar-refractivity contribution in [3.05, 3.63) is 99.9 Å². The molecule has 8 heteroatoms. The molecule has 6 nitrogen and oxygen atoms in total. The van der Waals surface area contributed by atoms with Crippen LogP contribution >= 0.6 is 23.2 Å². The van der Waals surface area contributed by atoms with Gasteiger partial charge in [-0.1, -0.05) is 59.5 Å². The predicted molar refractivity (Wildman–Crippen MR) is 144 cm³/mol. The molecule has 2 aromatic heterocycles. The van der Waals surface area contributed by atoms with Gasteiger partial charge in [0.15, 0.2) is 0 Å². The highest BCUT2D eigenvalue weighted by molar-refractivity contribution is 6.39. The SMILES string of the molecule is CCCc1onc(-c2c(Cl)cccc2Cl)c1COc1ccc2cc(-c3ccc(C(=O)O)cn3)ccc2c1. The zero-order valence-electron chi connectivity index (χ0n) is 19.9. The molecule has 0 bridgehead atoms. The number of halogens is 2. The monoisotopic (exact) mass is 532 g/mol. The first kappa shape index (κ1) is 24.8. The van der Waals surface area contributed by atoms with Gasteiger partial charge in [0, 0.05) is 23.7 Å². The second-order valence-corrected chi connectivity index (χ2v) is 9.34. The van der Waals surface area contributed by atoms with E-state index < -0.39 is 5.97 Å². The van der Waals surface area contributed by atoms with E-state index >= 15 is 0 Å². The normalized spacial score (nSPS) is 11.1. The van der Waals surface area contributed by atoms with E-state index in [4.69, 9.17) is 37.6 Å². The minimum atomic E-state index is -1.000. The second kappa shape index (κ2) is 10.6. The number of fused-ring (bicyclic) bond motifs is 1.